The third-order valence-corrected chi connectivity index (χ3v) is 6.40. The van der Waals surface area contributed by atoms with Crippen molar-refractivity contribution in [3.63, 3.8) is 0 Å². The highest BCUT2D eigenvalue weighted by atomic mass is 32.2. The smallest absolute Gasteiger partial charge is 0.209 e. The monoisotopic (exact) mass is 515 g/mol. The van der Waals surface area contributed by atoms with E-state index in [1.165, 1.54) is 18.5 Å². The van der Waals surface area contributed by atoms with Crippen LogP contribution < -0.4 is 4.72 Å². The molecule has 0 radical (unpaired) electrons. The van der Waals surface area contributed by atoms with Crippen molar-refractivity contribution in [3.8, 4) is 33.9 Å². The Bertz CT molecular complexity index is 1890. The summed E-state index contributed by atoms with van der Waals surface area (Å²) < 4.78 is 39.8. The van der Waals surface area contributed by atoms with Crippen molar-refractivity contribution in [1.82, 2.24) is 44.8 Å². The number of aromatic amines is 2. The molecule has 1 aromatic carbocycles. The van der Waals surface area contributed by atoms with Gasteiger partial charge in [0.25, 0.3) is 0 Å². The zero-order valence-electron chi connectivity index (χ0n) is 19.3. The van der Waals surface area contributed by atoms with Crippen LogP contribution >= 0.6 is 0 Å². The van der Waals surface area contributed by atoms with Crippen molar-refractivity contribution in [2.75, 3.05) is 6.26 Å². The number of nitrogens with one attached hydrogen (secondary N) is 3. The molecular weight excluding hydrogens is 497 g/mol. The van der Waals surface area contributed by atoms with E-state index in [-0.39, 0.29) is 6.54 Å². The number of aromatic nitrogens is 8. The predicted molar refractivity (Wildman–Crippen MR) is 135 cm³/mol. The third kappa shape index (κ3) is 4.52. The number of fused-ring (bicyclic) bond motifs is 2. The van der Waals surface area contributed by atoms with Crippen molar-refractivity contribution < 1.29 is 12.8 Å². The molecule has 0 spiro atoms. The molecule has 5 aromatic heterocycles. The molecule has 0 amide bonds. The Balaban J connectivity index is 1.44. The number of hydrogen-bond acceptors (Lipinski definition) is 8. The van der Waals surface area contributed by atoms with E-state index >= 15 is 0 Å². The minimum Gasteiger partial charge on any atom is -0.335 e. The zero-order chi connectivity index (χ0) is 25.6. The van der Waals surface area contributed by atoms with Gasteiger partial charge in [0, 0.05) is 41.6 Å². The molecule has 0 bridgehead atoms. The first-order chi connectivity index (χ1) is 17.8. The average Bonchev–Trinajstić information content (AvgIpc) is 3.51. The van der Waals surface area contributed by atoms with E-state index in [2.05, 4.69) is 44.8 Å². The van der Waals surface area contributed by atoms with Crippen LogP contribution in [-0.4, -0.2) is 54.8 Å². The summed E-state index contributed by atoms with van der Waals surface area (Å²) >= 11 is 0. The maximum Gasteiger partial charge on any atom is 0.209 e. The lowest BCUT2D eigenvalue weighted by Gasteiger charge is -2.08. The van der Waals surface area contributed by atoms with Crippen LogP contribution in [0.15, 0.2) is 61.4 Å². The van der Waals surface area contributed by atoms with Gasteiger partial charge in [0.1, 0.15) is 17.8 Å². The molecule has 0 saturated heterocycles. The summed E-state index contributed by atoms with van der Waals surface area (Å²) in [7, 11) is -3.43. The second kappa shape index (κ2) is 8.80. The molecule has 3 N–H and O–H groups in total. The summed E-state index contributed by atoms with van der Waals surface area (Å²) in [5.41, 5.74) is 5.44. The number of H-pyrrole nitrogens is 2. The van der Waals surface area contributed by atoms with Crippen molar-refractivity contribution in [1.29, 1.82) is 0 Å². The van der Waals surface area contributed by atoms with Crippen LogP contribution in [0.4, 0.5) is 4.39 Å². The number of halogens is 1. The van der Waals surface area contributed by atoms with E-state index < -0.39 is 15.8 Å². The van der Waals surface area contributed by atoms with Crippen LogP contribution in [0.5, 0.6) is 0 Å². The lowest BCUT2D eigenvalue weighted by Crippen LogP contribution is -2.21. The van der Waals surface area contributed by atoms with Gasteiger partial charge in [-0.15, -0.1) is 0 Å². The van der Waals surface area contributed by atoms with Crippen molar-refractivity contribution in [3.05, 3.63) is 72.8 Å². The first-order valence-electron chi connectivity index (χ1n) is 11.0. The number of rotatable bonds is 6. The number of nitrogens with zero attached hydrogens (tertiary/aromatic N) is 6. The van der Waals surface area contributed by atoms with Crippen LogP contribution in [0.1, 0.15) is 5.56 Å². The molecule has 6 aromatic rings. The lowest BCUT2D eigenvalue weighted by molar-refractivity contribution is 0.586. The standard InChI is InChI=1S/C24H18FN9O2S/c1-37(35,36)30-8-13-4-14(6-16(25)5-13)17-2-3-28-23-21(17)31-24(32-23)22-18-7-19(15-9-26-12-27-10-15)29-11-20(18)33-34-22/h2-7,9-12,30H,8H2,1H3,(H,33,34)(H,28,31,32). The zero-order valence-corrected chi connectivity index (χ0v) is 20.1. The molecule has 0 aliphatic rings. The molecule has 5 heterocycles. The molecule has 0 aliphatic heterocycles. The van der Waals surface area contributed by atoms with E-state index in [1.807, 2.05) is 6.07 Å². The maximum atomic E-state index is 14.5. The molecule has 13 heteroatoms. The first-order valence-corrected chi connectivity index (χ1v) is 12.9. The highest BCUT2D eigenvalue weighted by Gasteiger charge is 2.17. The minimum absolute atomic E-state index is 0.0336. The number of sulfonamides is 1. The summed E-state index contributed by atoms with van der Waals surface area (Å²) in [5.74, 6) is -0.0197. The number of pyridine rings is 2. The van der Waals surface area contributed by atoms with Gasteiger partial charge >= 0.3 is 0 Å². The molecule has 0 fully saturated rings. The average molecular weight is 516 g/mol. The number of imidazole rings is 1. The summed E-state index contributed by atoms with van der Waals surface area (Å²) in [4.78, 5) is 24.8. The van der Waals surface area contributed by atoms with Crippen LogP contribution in [0.3, 0.4) is 0 Å². The lowest BCUT2D eigenvalue weighted by atomic mass is 10.0. The van der Waals surface area contributed by atoms with Gasteiger partial charge in [-0.25, -0.2) is 37.5 Å². The Labute approximate surface area is 209 Å². The van der Waals surface area contributed by atoms with Gasteiger partial charge in [0.05, 0.1) is 29.2 Å². The number of benzene rings is 1. The fourth-order valence-electron chi connectivity index (χ4n) is 4.07. The number of hydrogen-bond donors (Lipinski definition) is 3. The maximum absolute atomic E-state index is 14.5. The third-order valence-electron chi connectivity index (χ3n) is 5.73. The minimum atomic E-state index is -3.43. The van der Waals surface area contributed by atoms with Crippen LogP contribution in [0.2, 0.25) is 0 Å². The van der Waals surface area contributed by atoms with Crippen molar-refractivity contribution >= 4 is 32.1 Å². The largest absolute Gasteiger partial charge is 0.335 e. The highest BCUT2D eigenvalue weighted by molar-refractivity contribution is 7.88. The SMILES string of the molecule is CS(=O)(=O)NCc1cc(F)cc(-c2ccnc3nc(-c4n[nH]c5cnc(-c6cncnc6)cc45)[nH]c23)c1. The molecule has 37 heavy (non-hydrogen) atoms. The van der Waals surface area contributed by atoms with Gasteiger partial charge in [-0.05, 0) is 41.5 Å². The van der Waals surface area contributed by atoms with Gasteiger partial charge in [-0.2, -0.15) is 5.10 Å². The van der Waals surface area contributed by atoms with Gasteiger partial charge in [0.2, 0.25) is 10.0 Å². The normalized spacial score (nSPS) is 11.9. The fraction of sp³-hybridized carbons (Fsp3) is 0.0833. The van der Waals surface area contributed by atoms with Crippen LogP contribution in [0.25, 0.3) is 56.0 Å². The van der Waals surface area contributed by atoms with Gasteiger partial charge in [-0.1, -0.05) is 0 Å². The summed E-state index contributed by atoms with van der Waals surface area (Å²) in [6.07, 6.45) is 9.13. The first kappa shape index (κ1) is 22.8. The van der Waals surface area contributed by atoms with E-state index in [0.717, 1.165) is 22.7 Å². The topological polar surface area (TPSA) is 155 Å². The Morgan fingerprint density at radius 1 is 1.03 bits per heavy atom. The molecule has 0 saturated carbocycles. The summed E-state index contributed by atoms with van der Waals surface area (Å²) in [6.45, 7) is -0.0336. The van der Waals surface area contributed by atoms with Gasteiger partial charge < -0.3 is 4.98 Å². The Morgan fingerprint density at radius 2 is 1.86 bits per heavy atom. The highest BCUT2D eigenvalue weighted by Crippen LogP contribution is 2.32. The van der Waals surface area contributed by atoms with Crippen molar-refractivity contribution in [2.45, 2.75) is 6.54 Å². The molecule has 0 unspecified atom stereocenters. The Hall–Kier alpha value is -4.62. The summed E-state index contributed by atoms with van der Waals surface area (Å²) in [5, 5.41) is 8.18. The Kier molecular flexibility index (Phi) is 5.43. The van der Waals surface area contributed by atoms with E-state index in [9.17, 15) is 12.8 Å². The quantitative estimate of drug-likeness (QED) is 0.305. The molecular formula is C24H18FN9O2S. The predicted octanol–water partition coefficient (Wildman–Crippen LogP) is 3.21. The Morgan fingerprint density at radius 3 is 2.68 bits per heavy atom. The second-order valence-corrected chi connectivity index (χ2v) is 10.2. The molecule has 11 nitrogen and oxygen atoms in total. The fourth-order valence-corrected chi connectivity index (χ4v) is 4.50. The molecule has 0 atom stereocenters. The van der Waals surface area contributed by atoms with Crippen molar-refractivity contribution in [2.24, 2.45) is 0 Å². The van der Waals surface area contributed by atoms with E-state index in [4.69, 9.17) is 0 Å². The van der Waals surface area contributed by atoms with Gasteiger partial charge in [-0.3, -0.25) is 10.1 Å². The van der Waals surface area contributed by atoms with Gasteiger partial charge in [0.15, 0.2) is 11.5 Å². The summed E-state index contributed by atoms with van der Waals surface area (Å²) in [6, 6.07) is 8.01. The molecule has 184 valence electrons. The van der Waals surface area contributed by atoms with E-state index in [1.54, 1.807) is 36.9 Å². The molecule has 0 aliphatic carbocycles. The molecule has 6 rings (SSSR count). The second-order valence-electron chi connectivity index (χ2n) is 8.40. The van der Waals surface area contributed by atoms with Crippen LogP contribution in [0, 0.1) is 5.82 Å². The van der Waals surface area contributed by atoms with E-state index in [0.29, 0.717) is 45.1 Å². The van der Waals surface area contributed by atoms with Crippen LogP contribution in [-0.2, 0) is 16.6 Å².